The molecule has 0 N–H and O–H groups in total. The first kappa shape index (κ1) is 20.3. The Bertz CT molecular complexity index is 553. The first-order valence-corrected chi connectivity index (χ1v) is 10.9. The summed E-state index contributed by atoms with van der Waals surface area (Å²) in [4.78, 5) is 50.8. The quantitative estimate of drug-likeness (QED) is 0.445. The molecule has 2 rings (SSSR count). The van der Waals surface area contributed by atoms with E-state index in [1.54, 1.807) is 11.8 Å². The lowest BCUT2D eigenvalue weighted by Crippen LogP contribution is -2.33. The lowest BCUT2D eigenvalue weighted by Gasteiger charge is -2.17. The van der Waals surface area contributed by atoms with E-state index in [-0.39, 0.29) is 34.1 Å². The van der Waals surface area contributed by atoms with Gasteiger partial charge in [-0.3, -0.25) is 29.0 Å². The van der Waals surface area contributed by atoms with Gasteiger partial charge in [0.2, 0.25) is 23.6 Å². The third-order valence-electron chi connectivity index (χ3n) is 4.39. The molecule has 0 spiro atoms. The van der Waals surface area contributed by atoms with Crippen molar-refractivity contribution in [1.82, 2.24) is 9.80 Å². The summed E-state index contributed by atoms with van der Waals surface area (Å²) in [5, 5.41) is -0.152. The highest BCUT2D eigenvalue weighted by Crippen LogP contribution is 2.28. The topological polar surface area (TPSA) is 74.8 Å². The lowest BCUT2D eigenvalue weighted by atomic mass is 10.2. The minimum absolute atomic E-state index is 0.0728. The number of carbonyl (C=O) groups is 4. The van der Waals surface area contributed by atoms with Crippen LogP contribution >= 0.6 is 23.5 Å². The van der Waals surface area contributed by atoms with Crippen molar-refractivity contribution in [3.63, 3.8) is 0 Å². The second-order valence-corrected chi connectivity index (χ2v) is 9.46. The minimum Gasteiger partial charge on any atom is -0.282 e. The summed E-state index contributed by atoms with van der Waals surface area (Å²) in [7, 11) is 0. The predicted octanol–water partition coefficient (Wildman–Crippen LogP) is 1.92. The Morgan fingerprint density at radius 2 is 1.36 bits per heavy atom. The molecule has 4 amide bonds. The zero-order valence-corrected chi connectivity index (χ0v) is 16.7. The Labute approximate surface area is 157 Å². The molecule has 2 atom stereocenters. The van der Waals surface area contributed by atoms with Crippen molar-refractivity contribution in [3.8, 4) is 0 Å². The van der Waals surface area contributed by atoms with Crippen molar-refractivity contribution in [2.45, 2.75) is 61.7 Å². The van der Waals surface area contributed by atoms with Gasteiger partial charge in [0.1, 0.15) is 0 Å². The van der Waals surface area contributed by atoms with Gasteiger partial charge in [-0.05, 0) is 30.8 Å². The van der Waals surface area contributed by atoms with Gasteiger partial charge < -0.3 is 0 Å². The Morgan fingerprint density at radius 1 is 0.880 bits per heavy atom. The second-order valence-electron chi connectivity index (χ2n) is 6.63. The number of thioether (sulfide) groups is 2. The number of nitrogens with zero attached hydrogens (tertiary/aromatic N) is 2. The van der Waals surface area contributed by atoms with E-state index >= 15 is 0 Å². The van der Waals surface area contributed by atoms with Gasteiger partial charge in [0, 0.05) is 25.9 Å². The van der Waals surface area contributed by atoms with E-state index in [2.05, 4.69) is 0 Å². The van der Waals surface area contributed by atoms with E-state index in [0.717, 1.165) is 6.42 Å². The van der Waals surface area contributed by atoms with Gasteiger partial charge >= 0.3 is 0 Å². The van der Waals surface area contributed by atoms with Crippen LogP contribution in [0.1, 0.15) is 46.0 Å². The fourth-order valence-corrected chi connectivity index (χ4v) is 4.89. The molecular formula is C17H26N2O4S2. The van der Waals surface area contributed by atoms with Crippen molar-refractivity contribution in [2.75, 3.05) is 19.3 Å². The molecule has 0 bridgehead atoms. The maximum atomic E-state index is 12.3. The highest BCUT2D eigenvalue weighted by Gasteiger charge is 2.39. The van der Waals surface area contributed by atoms with Crippen molar-refractivity contribution < 1.29 is 19.2 Å². The van der Waals surface area contributed by atoms with Crippen LogP contribution in [0.2, 0.25) is 0 Å². The molecule has 0 aromatic heterocycles. The number of rotatable bonds is 9. The zero-order chi connectivity index (χ0) is 18.6. The maximum Gasteiger partial charge on any atom is 0.242 e. The number of carbonyl (C=O) groups excluding carboxylic acids is 4. The van der Waals surface area contributed by atoms with E-state index < -0.39 is 0 Å². The van der Waals surface area contributed by atoms with Crippen LogP contribution < -0.4 is 0 Å². The highest BCUT2D eigenvalue weighted by atomic mass is 32.2. The number of hydrogen-bond acceptors (Lipinski definition) is 6. The molecule has 2 saturated heterocycles. The third kappa shape index (κ3) is 5.00. The molecule has 140 valence electrons. The molecule has 2 heterocycles. The van der Waals surface area contributed by atoms with Gasteiger partial charge in [-0.25, -0.2) is 0 Å². The Kier molecular flexibility index (Phi) is 7.37. The van der Waals surface area contributed by atoms with Crippen LogP contribution in [0.4, 0.5) is 0 Å². The molecule has 0 radical (unpaired) electrons. The zero-order valence-electron chi connectivity index (χ0n) is 15.0. The number of likely N-dealkylation sites (tertiary alicyclic amines) is 2. The first-order chi connectivity index (χ1) is 11.8. The van der Waals surface area contributed by atoms with Crippen LogP contribution in [0.5, 0.6) is 0 Å². The van der Waals surface area contributed by atoms with E-state index in [1.807, 2.05) is 20.1 Å². The number of unbranched alkanes of at least 4 members (excludes halogenated alkanes) is 2. The van der Waals surface area contributed by atoms with Gasteiger partial charge in [0.25, 0.3) is 0 Å². The monoisotopic (exact) mass is 386 g/mol. The summed E-state index contributed by atoms with van der Waals surface area (Å²) in [6, 6.07) is 0. The molecule has 2 unspecified atom stereocenters. The van der Waals surface area contributed by atoms with Crippen molar-refractivity contribution in [1.29, 1.82) is 0 Å². The normalized spacial score (nSPS) is 24.3. The molecule has 2 fully saturated rings. The summed E-state index contributed by atoms with van der Waals surface area (Å²) < 4.78 is 0. The second kappa shape index (κ2) is 9.07. The van der Waals surface area contributed by atoms with Crippen molar-refractivity contribution in [3.05, 3.63) is 0 Å². The van der Waals surface area contributed by atoms with Crippen molar-refractivity contribution in [2.24, 2.45) is 0 Å². The third-order valence-corrected chi connectivity index (χ3v) is 6.57. The molecule has 0 aromatic carbocycles. The number of amides is 4. The SMILES string of the molecule is CSC1CC(=O)N(CCCCCN2C(=O)CC(SC(C)C)C2=O)C1=O. The average molecular weight is 387 g/mol. The number of hydrogen-bond donors (Lipinski definition) is 0. The van der Waals surface area contributed by atoms with Crippen LogP contribution in [-0.4, -0.2) is 68.5 Å². The smallest absolute Gasteiger partial charge is 0.242 e. The molecule has 0 saturated carbocycles. The van der Waals surface area contributed by atoms with E-state index in [4.69, 9.17) is 0 Å². The minimum atomic E-state index is -0.240. The molecule has 0 aliphatic carbocycles. The summed E-state index contributed by atoms with van der Waals surface area (Å²) >= 11 is 2.96. The van der Waals surface area contributed by atoms with Crippen LogP contribution in [0.3, 0.4) is 0 Å². The summed E-state index contributed by atoms with van der Waals surface area (Å²) in [6.07, 6.45) is 4.63. The Hall–Kier alpha value is -1.02. The molecule has 6 nitrogen and oxygen atoms in total. The van der Waals surface area contributed by atoms with Crippen molar-refractivity contribution >= 4 is 47.2 Å². The fraction of sp³-hybridized carbons (Fsp3) is 0.765. The molecule has 0 aromatic rings. The summed E-state index contributed by atoms with van der Waals surface area (Å²) in [5.41, 5.74) is 0. The molecule has 2 aliphatic heterocycles. The van der Waals surface area contributed by atoms with Gasteiger partial charge in [0.15, 0.2) is 0 Å². The van der Waals surface area contributed by atoms with Crippen LogP contribution in [0.15, 0.2) is 0 Å². The Morgan fingerprint density at radius 3 is 1.80 bits per heavy atom. The predicted molar refractivity (Wildman–Crippen MR) is 100 cm³/mol. The highest BCUT2D eigenvalue weighted by molar-refractivity contribution is 8.01. The lowest BCUT2D eigenvalue weighted by molar-refractivity contribution is -0.139. The maximum absolute atomic E-state index is 12.3. The van der Waals surface area contributed by atoms with Gasteiger partial charge in [-0.15, -0.1) is 11.8 Å². The summed E-state index contributed by atoms with van der Waals surface area (Å²) in [6.45, 7) is 4.91. The van der Waals surface area contributed by atoms with Gasteiger partial charge in [-0.2, -0.15) is 11.8 Å². The van der Waals surface area contributed by atoms with E-state index in [0.29, 0.717) is 44.0 Å². The molecular weight excluding hydrogens is 360 g/mol. The van der Waals surface area contributed by atoms with Gasteiger partial charge in [0.05, 0.1) is 10.5 Å². The summed E-state index contributed by atoms with van der Waals surface area (Å²) in [5.74, 6) is -0.342. The molecule has 25 heavy (non-hydrogen) atoms. The van der Waals surface area contributed by atoms with Crippen LogP contribution in [-0.2, 0) is 19.2 Å². The van der Waals surface area contributed by atoms with Gasteiger partial charge in [-0.1, -0.05) is 13.8 Å². The van der Waals surface area contributed by atoms with E-state index in [9.17, 15) is 19.2 Å². The molecule has 2 aliphatic rings. The standard InChI is InChI=1S/C17H26N2O4S2/c1-11(2)25-13-10-15(21)19(17(13)23)8-6-4-5-7-18-14(20)9-12(24-3)16(18)22/h11-13H,4-10H2,1-3H3. The fourth-order valence-electron chi connectivity index (χ4n) is 3.11. The average Bonchev–Trinajstić information content (AvgIpc) is 2.97. The van der Waals surface area contributed by atoms with E-state index in [1.165, 1.54) is 21.6 Å². The van der Waals surface area contributed by atoms with Crippen LogP contribution in [0.25, 0.3) is 0 Å². The Balaban J connectivity index is 1.69. The molecule has 8 heteroatoms. The van der Waals surface area contributed by atoms with Crippen LogP contribution in [0, 0.1) is 0 Å². The largest absolute Gasteiger partial charge is 0.282 e. The first-order valence-electron chi connectivity index (χ1n) is 8.71. The number of imide groups is 2.